The predicted octanol–water partition coefficient (Wildman–Crippen LogP) is 3.13. The molecule has 4 rings (SSSR count). The van der Waals surface area contributed by atoms with Crippen LogP contribution in [0.4, 0.5) is 0 Å². The molecule has 0 aliphatic heterocycles. The molecule has 1 aromatic heterocycles. The van der Waals surface area contributed by atoms with Crippen LogP contribution < -0.4 is 19.1 Å². The molecule has 1 aliphatic carbocycles. The van der Waals surface area contributed by atoms with Crippen LogP contribution in [-0.2, 0) is 13.0 Å². The van der Waals surface area contributed by atoms with Crippen LogP contribution in [-0.4, -0.2) is 20.0 Å². The lowest BCUT2D eigenvalue weighted by Gasteiger charge is -2.15. The maximum Gasteiger partial charge on any atom is 0.189 e. The van der Waals surface area contributed by atoms with Gasteiger partial charge in [0.25, 0.3) is 0 Å². The third kappa shape index (κ3) is 4.09. The summed E-state index contributed by atoms with van der Waals surface area (Å²) < 4.78 is 12.6. The Balaban J connectivity index is 0.00000256. The molecule has 5 nitrogen and oxygen atoms in total. The number of carbonyl (C=O) groups excluding carboxylic acids is 1. The Labute approximate surface area is 186 Å². The monoisotopic (exact) mass is 467 g/mol. The zero-order chi connectivity index (χ0) is 20.4. The highest BCUT2D eigenvalue weighted by Gasteiger charge is 2.28. The first-order chi connectivity index (χ1) is 14.1. The number of aromatic nitrogens is 1. The largest absolute Gasteiger partial charge is 0.872 e. The third-order valence-corrected chi connectivity index (χ3v) is 5.13. The average molecular weight is 468 g/mol. The normalized spacial score (nSPS) is 14.0. The minimum atomic E-state index is -0.244. The predicted molar refractivity (Wildman–Crippen MR) is 117 cm³/mol. The van der Waals surface area contributed by atoms with E-state index in [1.165, 1.54) is 12.7 Å². The van der Waals surface area contributed by atoms with E-state index in [2.05, 4.69) is 12.1 Å². The number of Topliss-reactive ketones (excluding diaryl/α,β-unsaturated/α-hetero) is 1. The van der Waals surface area contributed by atoms with Gasteiger partial charge in [-0.15, -0.1) is 17.0 Å². The van der Waals surface area contributed by atoms with E-state index >= 15 is 0 Å². The molecule has 154 valence electrons. The number of pyridine rings is 1. The van der Waals surface area contributed by atoms with Crippen LogP contribution in [0.3, 0.4) is 0 Å². The molecule has 0 fully saturated rings. The molecule has 2 aromatic carbocycles. The molecule has 0 radical (unpaired) electrons. The molecule has 30 heavy (non-hydrogen) atoms. The lowest BCUT2D eigenvalue weighted by atomic mass is 10.1. The molecule has 0 unspecified atom stereocenters. The molecular weight excluding hydrogens is 446 g/mol. The summed E-state index contributed by atoms with van der Waals surface area (Å²) in [6.45, 7) is 0.718. The second-order valence-corrected chi connectivity index (χ2v) is 6.92. The number of ketones is 1. The van der Waals surface area contributed by atoms with Gasteiger partial charge in [0.2, 0.25) is 0 Å². The summed E-state index contributed by atoms with van der Waals surface area (Å²) in [4.78, 5) is 12.8. The van der Waals surface area contributed by atoms with Crippen molar-refractivity contribution >= 4 is 28.5 Å². The van der Waals surface area contributed by atoms with Crippen molar-refractivity contribution in [3.05, 3.63) is 94.8 Å². The van der Waals surface area contributed by atoms with Crippen LogP contribution in [0.25, 0.3) is 5.76 Å². The Morgan fingerprint density at radius 3 is 2.27 bits per heavy atom. The summed E-state index contributed by atoms with van der Waals surface area (Å²) in [5.74, 6) is 0.548. The number of benzene rings is 2. The number of nitrogens with zero attached hydrogens (tertiary/aromatic N) is 1. The summed E-state index contributed by atoms with van der Waals surface area (Å²) in [5.41, 5.74) is 3.24. The zero-order valence-corrected chi connectivity index (χ0v) is 18.5. The summed E-state index contributed by atoms with van der Waals surface area (Å²) in [6.07, 6.45) is 4.02. The molecule has 0 spiro atoms. The van der Waals surface area contributed by atoms with Gasteiger partial charge in [0.1, 0.15) is 0 Å². The van der Waals surface area contributed by atoms with E-state index in [1.807, 2.05) is 35.2 Å². The second-order valence-electron chi connectivity index (χ2n) is 6.92. The number of allylic oxidation sites excluding steroid dienone is 1. The smallest absolute Gasteiger partial charge is 0.189 e. The van der Waals surface area contributed by atoms with Gasteiger partial charge in [0, 0.05) is 29.7 Å². The first-order valence-electron chi connectivity index (χ1n) is 9.34. The number of methoxy groups -OCH3 is 2. The van der Waals surface area contributed by atoms with Crippen molar-refractivity contribution in [2.45, 2.75) is 13.0 Å². The van der Waals surface area contributed by atoms with Crippen LogP contribution >= 0.6 is 17.0 Å². The van der Waals surface area contributed by atoms with Gasteiger partial charge < -0.3 is 14.6 Å². The Kier molecular flexibility index (Phi) is 6.57. The van der Waals surface area contributed by atoms with Gasteiger partial charge in [-0.25, -0.2) is 4.57 Å². The lowest BCUT2D eigenvalue weighted by molar-refractivity contribution is -0.688. The molecule has 1 aliphatic rings. The average Bonchev–Trinajstić information content (AvgIpc) is 3.09. The van der Waals surface area contributed by atoms with Crippen LogP contribution in [0.1, 0.15) is 27.0 Å². The Bertz CT molecular complexity index is 1090. The fraction of sp³-hybridized carbons (Fsp3) is 0.167. The summed E-state index contributed by atoms with van der Waals surface area (Å²) in [6, 6.07) is 17.0. The van der Waals surface area contributed by atoms with Crippen molar-refractivity contribution < 1.29 is 23.9 Å². The van der Waals surface area contributed by atoms with E-state index in [1.54, 1.807) is 31.4 Å². The number of halogens is 1. The van der Waals surface area contributed by atoms with Gasteiger partial charge in [0.15, 0.2) is 36.2 Å². The number of hydrogen-bond donors (Lipinski definition) is 0. The molecule has 0 atom stereocenters. The molecule has 3 aromatic rings. The van der Waals surface area contributed by atoms with E-state index in [9.17, 15) is 9.90 Å². The molecule has 0 saturated carbocycles. The van der Waals surface area contributed by atoms with Crippen molar-refractivity contribution in [1.29, 1.82) is 0 Å². The SMILES string of the molecule is Br.COc1cc2c(cc1OC)C(=O)C(=C([O-])c1cc[n+](Cc3ccccc3)cc1)C2. The minimum absolute atomic E-state index is 0. The van der Waals surface area contributed by atoms with E-state index < -0.39 is 0 Å². The second kappa shape index (κ2) is 9.13. The molecule has 0 bridgehead atoms. The van der Waals surface area contributed by atoms with Gasteiger partial charge in [-0.1, -0.05) is 36.1 Å². The lowest BCUT2D eigenvalue weighted by Crippen LogP contribution is -2.33. The number of hydrogen-bond acceptors (Lipinski definition) is 4. The third-order valence-electron chi connectivity index (χ3n) is 5.13. The van der Waals surface area contributed by atoms with Gasteiger partial charge in [-0.2, -0.15) is 0 Å². The number of carbonyl (C=O) groups is 1. The van der Waals surface area contributed by atoms with E-state index in [-0.39, 0.29) is 34.1 Å². The number of ether oxygens (including phenoxy) is 2. The molecule has 6 heteroatoms. The maximum absolute atomic E-state index is 13.0. The molecule has 1 heterocycles. The van der Waals surface area contributed by atoms with Gasteiger partial charge >= 0.3 is 0 Å². The standard InChI is InChI=1S/C24H21NO4.BrH/c1-28-21-13-18-12-20(24(27)19(18)14-22(21)29-2)23(26)17-8-10-25(11-9-17)15-16-6-4-3-5-7-16;/h3-11,13-14H,12,15H2,1-2H3;1H. The Hall–Kier alpha value is -3.12. The topological polar surface area (TPSA) is 62.5 Å². The first-order valence-corrected chi connectivity index (χ1v) is 9.34. The highest BCUT2D eigenvalue weighted by atomic mass is 79.9. The van der Waals surface area contributed by atoms with Crippen LogP contribution in [0, 0.1) is 0 Å². The Morgan fingerprint density at radius 2 is 1.63 bits per heavy atom. The van der Waals surface area contributed by atoms with Crippen LogP contribution in [0.5, 0.6) is 11.5 Å². The summed E-state index contributed by atoms with van der Waals surface area (Å²) >= 11 is 0. The van der Waals surface area contributed by atoms with Gasteiger partial charge in [0.05, 0.1) is 14.2 Å². The Morgan fingerprint density at radius 1 is 1.00 bits per heavy atom. The van der Waals surface area contributed by atoms with E-state index in [0.717, 1.165) is 12.1 Å². The van der Waals surface area contributed by atoms with E-state index in [4.69, 9.17) is 9.47 Å². The van der Waals surface area contributed by atoms with Crippen molar-refractivity contribution in [2.24, 2.45) is 0 Å². The molecular formula is C24H22BrNO4. The molecule has 0 N–H and O–H groups in total. The van der Waals surface area contributed by atoms with Crippen LogP contribution in [0.15, 0.2) is 72.6 Å². The fourth-order valence-corrected chi connectivity index (χ4v) is 3.58. The first kappa shape index (κ1) is 21.6. The van der Waals surface area contributed by atoms with Gasteiger partial charge in [-0.3, -0.25) is 4.79 Å². The van der Waals surface area contributed by atoms with Crippen LogP contribution in [0.2, 0.25) is 0 Å². The fourth-order valence-electron chi connectivity index (χ4n) is 3.58. The van der Waals surface area contributed by atoms with E-state index in [0.29, 0.717) is 29.0 Å². The maximum atomic E-state index is 13.0. The molecule has 0 amide bonds. The summed E-state index contributed by atoms with van der Waals surface area (Å²) in [5, 5.41) is 13.0. The molecule has 0 saturated heterocycles. The highest BCUT2D eigenvalue weighted by molar-refractivity contribution is 8.93. The zero-order valence-electron chi connectivity index (χ0n) is 16.8. The van der Waals surface area contributed by atoms with Crippen molar-refractivity contribution in [3.63, 3.8) is 0 Å². The quantitative estimate of drug-likeness (QED) is 0.328. The highest BCUT2D eigenvalue weighted by Crippen LogP contribution is 2.37. The van der Waals surface area contributed by atoms with Gasteiger partial charge in [-0.05, 0) is 28.8 Å². The number of fused-ring (bicyclic) bond motifs is 1. The minimum Gasteiger partial charge on any atom is -0.872 e. The van der Waals surface area contributed by atoms with Crippen molar-refractivity contribution in [1.82, 2.24) is 0 Å². The van der Waals surface area contributed by atoms with Crippen molar-refractivity contribution in [3.8, 4) is 11.5 Å². The summed E-state index contributed by atoms with van der Waals surface area (Å²) in [7, 11) is 3.07. The van der Waals surface area contributed by atoms with Crippen molar-refractivity contribution in [2.75, 3.05) is 14.2 Å². The number of rotatable bonds is 5.